The number of hydrogen-bond acceptors (Lipinski definition) is 1. The first-order chi connectivity index (χ1) is 8.70. The quantitative estimate of drug-likeness (QED) is 0.714. The zero-order valence-electron chi connectivity index (χ0n) is 10.1. The topological polar surface area (TPSA) is 23.8 Å². The van der Waals surface area contributed by atoms with Gasteiger partial charge in [0.25, 0.3) is 0 Å². The van der Waals surface area contributed by atoms with Gasteiger partial charge in [0.2, 0.25) is 0 Å². The van der Waals surface area contributed by atoms with Gasteiger partial charge in [-0.25, -0.2) is 8.78 Å². The molecule has 0 unspecified atom stereocenters. The van der Waals surface area contributed by atoms with Crippen molar-refractivity contribution in [2.45, 2.75) is 31.6 Å². The van der Waals surface area contributed by atoms with Gasteiger partial charge in [0.1, 0.15) is 0 Å². The fourth-order valence-electron chi connectivity index (χ4n) is 2.59. The largest absolute Gasteiger partial charge is 0.204 e. The summed E-state index contributed by atoms with van der Waals surface area (Å²) in [5.41, 5.74) is 0.886. The average Bonchev–Trinajstić information content (AvgIpc) is 2.40. The van der Waals surface area contributed by atoms with Crippen LogP contribution in [0.4, 0.5) is 8.78 Å². The van der Waals surface area contributed by atoms with Crippen molar-refractivity contribution in [3.8, 4) is 6.07 Å². The van der Waals surface area contributed by atoms with Crippen molar-refractivity contribution in [1.29, 1.82) is 5.26 Å². The van der Waals surface area contributed by atoms with Gasteiger partial charge in [-0.1, -0.05) is 12.1 Å². The van der Waals surface area contributed by atoms with Crippen LogP contribution < -0.4 is 0 Å². The highest BCUT2D eigenvalue weighted by atomic mass is 19.2. The number of rotatable bonds is 2. The summed E-state index contributed by atoms with van der Waals surface area (Å²) >= 11 is 0. The Labute approximate surface area is 106 Å². The molecule has 0 radical (unpaired) electrons. The predicted molar refractivity (Wildman–Crippen MR) is 65.8 cm³/mol. The van der Waals surface area contributed by atoms with E-state index in [0.29, 0.717) is 11.8 Å². The lowest BCUT2D eigenvalue weighted by atomic mass is 9.78. The molecular formula is C15H15F2N. The summed E-state index contributed by atoms with van der Waals surface area (Å²) in [5.74, 6) is -0.790. The molecule has 0 aromatic heterocycles. The fraction of sp³-hybridized carbons (Fsp3) is 0.400. The summed E-state index contributed by atoms with van der Waals surface area (Å²) in [5, 5.41) is 8.47. The third kappa shape index (κ3) is 2.95. The molecule has 2 rings (SSSR count). The molecule has 0 heterocycles. The van der Waals surface area contributed by atoms with Gasteiger partial charge >= 0.3 is 0 Å². The van der Waals surface area contributed by atoms with E-state index >= 15 is 0 Å². The van der Waals surface area contributed by atoms with Gasteiger partial charge in [0.05, 0.1) is 6.07 Å². The summed E-state index contributed by atoms with van der Waals surface area (Å²) in [4.78, 5) is 0. The maximum absolute atomic E-state index is 13.2. The Bertz CT molecular complexity index is 480. The second-order valence-corrected chi connectivity index (χ2v) is 4.77. The molecule has 3 heteroatoms. The van der Waals surface area contributed by atoms with E-state index in [1.165, 1.54) is 18.2 Å². The maximum atomic E-state index is 13.2. The molecule has 18 heavy (non-hydrogen) atoms. The smallest absolute Gasteiger partial charge is 0.159 e. The van der Waals surface area contributed by atoms with E-state index in [1.54, 1.807) is 6.07 Å². The van der Waals surface area contributed by atoms with E-state index < -0.39 is 11.6 Å². The molecule has 1 nitrogen and oxygen atoms in total. The zero-order chi connectivity index (χ0) is 13.0. The molecule has 0 saturated heterocycles. The van der Waals surface area contributed by atoms with Crippen molar-refractivity contribution >= 4 is 0 Å². The van der Waals surface area contributed by atoms with E-state index in [0.717, 1.165) is 31.2 Å². The third-order valence-corrected chi connectivity index (χ3v) is 3.63. The first-order valence-corrected chi connectivity index (χ1v) is 6.22. The Morgan fingerprint density at radius 1 is 1.11 bits per heavy atom. The summed E-state index contributed by atoms with van der Waals surface area (Å²) in [6.07, 6.45) is 7.41. The second-order valence-electron chi connectivity index (χ2n) is 4.77. The van der Waals surface area contributed by atoms with Crippen molar-refractivity contribution in [1.82, 2.24) is 0 Å². The van der Waals surface area contributed by atoms with Gasteiger partial charge in [-0.15, -0.1) is 0 Å². The lowest BCUT2D eigenvalue weighted by molar-refractivity contribution is 0.374. The molecule has 0 bridgehead atoms. The molecule has 94 valence electrons. The first-order valence-electron chi connectivity index (χ1n) is 6.22. The monoisotopic (exact) mass is 247 g/mol. The van der Waals surface area contributed by atoms with Gasteiger partial charge in [0, 0.05) is 6.08 Å². The molecule has 0 aliphatic heterocycles. The normalized spacial score (nSPS) is 24.1. The van der Waals surface area contributed by atoms with Crippen molar-refractivity contribution in [3.05, 3.63) is 47.5 Å². The molecule has 1 aromatic carbocycles. The third-order valence-electron chi connectivity index (χ3n) is 3.63. The van der Waals surface area contributed by atoms with E-state index in [4.69, 9.17) is 5.26 Å². The van der Waals surface area contributed by atoms with Crippen molar-refractivity contribution in [2.75, 3.05) is 0 Å². The Balaban J connectivity index is 1.99. The average molecular weight is 247 g/mol. The molecule has 1 fully saturated rings. The molecule has 1 aliphatic carbocycles. The van der Waals surface area contributed by atoms with Gasteiger partial charge in [-0.2, -0.15) is 5.26 Å². The number of halogens is 2. The minimum Gasteiger partial charge on any atom is -0.204 e. The first kappa shape index (κ1) is 12.8. The van der Waals surface area contributed by atoms with E-state index in [1.807, 2.05) is 12.1 Å². The number of benzene rings is 1. The van der Waals surface area contributed by atoms with Crippen LogP contribution in [0.3, 0.4) is 0 Å². The van der Waals surface area contributed by atoms with Crippen LogP contribution in [0, 0.1) is 28.9 Å². The summed E-state index contributed by atoms with van der Waals surface area (Å²) in [7, 11) is 0. The van der Waals surface area contributed by atoms with E-state index in [-0.39, 0.29) is 0 Å². The molecule has 0 spiro atoms. The highest BCUT2D eigenvalue weighted by molar-refractivity contribution is 5.22. The van der Waals surface area contributed by atoms with Gasteiger partial charge in [0.15, 0.2) is 11.6 Å². The summed E-state index contributed by atoms with van der Waals surface area (Å²) in [6.45, 7) is 0. The van der Waals surface area contributed by atoms with Gasteiger partial charge < -0.3 is 0 Å². The van der Waals surface area contributed by atoms with Crippen LogP contribution >= 0.6 is 0 Å². The molecule has 1 aliphatic rings. The number of nitrogens with zero attached hydrogens (tertiary/aromatic N) is 1. The standard InChI is InChI=1S/C15H15F2N/c16-14-8-7-13(10-15(14)17)12-5-3-11(4-6-12)2-1-9-18/h1-2,7-8,10-12H,3-6H2/t11-,12-. The highest BCUT2D eigenvalue weighted by Crippen LogP contribution is 2.36. The lowest BCUT2D eigenvalue weighted by Gasteiger charge is -2.27. The van der Waals surface area contributed by atoms with Crippen LogP contribution in [0.2, 0.25) is 0 Å². The van der Waals surface area contributed by atoms with Crippen LogP contribution in [0.1, 0.15) is 37.2 Å². The molecule has 0 amide bonds. The van der Waals surface area contributed by atoms with Crippen LogP contribution in [0.15, 0.2) is 30.4 Å². The van der Waals surface area contributed by atoms with Crippen LogP contribution in [-0.2, 0) is 0 Å². The van der Waals surface area contributed by atoms with E-state index in [9.17, 15) is 8.78 Å². The van der Waals surface area contributed by atoms with Crippen molar-refractivity contribution in [3.63, 3.8) is 0 Å². The predicted octanol–water partition coefficient (Wildman–Crippen LogP) is 4.32. The Morgan fingerprint density at radius 2 is 1.83 bits per heavy atom. The van der Waals surface area contributed by atoms with Crippen LogP contribution in [-0.4, -0.2) is 0 Å². The Hall–Kier alpha value is -1.69. The SMILES string of the molecule is N#CC=C[C@H]1CC[C@H](c2ccc(F)c(F)c2)CC1. The summed E-state index contributed by atoms with van der Waals surface area (Å²) in [6, 6.07) is 6.19. The fourth-order valence-corrected chi connectivity index (χ4v) is 2.59. The van der Waals surface area contributed by atoms with Crippen molar-refractivity contribution < 1.29 is 8.78 Å². The number of nitriles is 1. The van der Waals surface area contributed by atoms with Crippen LogP contribution in [0.5, 0.6) is 0 Å². The lowest BCUT2D eigenvalue weighted by Crippen LogP contribution is -2.12. The maximum Gasteiger partial charge on any atom is 0.159 e. The van der Waals surface area contributed by atoms with Crippen molar-refractivity contribution in [2.24, 2.45) is 5.92 Å². The number of allylic oxidation sites excluding steroid dienone is 2. The molecule has 1 aromatic rings. The molecular weight excluding hydrogens is 232 g/mol. The molecule has 0 atom stereocenters. The summed E-state index contributed by atoms with van der Waals surface area (Å²) < 4.78 is 26.0. The minimum absolute atomic E-state index is 0.312. The zero-order valence-corrected chi connectivity index (χ0v) is 10.1. The minimum atomic E-state index is -0.788. The Kier molecular flexibility index (Phi) is 4.09. The number of hydrogen-bond donors (Lipinski definition) is 0. The molecule has 0 N–H and O–H groups in total. The van der Waals surface area contributed by atoms with Gasteiger partial charge in [-0.3, -0.25) is 0 Å². The molecule has 1 saturated carbocycles. The van der Waals surface area contributed by atoms with Gasteiger partial charge in [-0.05, 0) is 55.2 Å². The Morgan fingerprint density at radius 3 is 2.44 bits per heavy atom. The van der Waals surface area contributed by atoms with E-state index in [2.05, 4.69) is 0 Å². The second kappa shape index (κ2) is 5.77. The van der Waals surface area contributed by atoms with Crippen LogP contribution in [0.25, 0.3) is 0 Å². The highest BCUT2D eigenvalue weighted by Gasteiger charge is 2.21.